The van der Waals surface area contributed by atoms with Crippen molar-refractivity contribution in [1.29, 1.82) is 0 Å². The molecule has 0 aliphatic carbocycles. The van der Waals surface area contributed by atoms with Gasteiger partial charge in [-0.25, -0.2) is 0 Å². The summed E-state index contributed by atoms with van der Waals surface area (Å²) in [7, 11) is 3.43. The van der Waals surface area contributed by atoms with Crippen LogP contribution in [0.5, 0.6) is 11.5 Å². The Kier molecular flexibility index (Phi) is 4.23. The smallest absolute Gasteiger partial charge is 0.162 e. The van der Waals surface area contributed by atoms with Crippen LogP contribution in [0.1, 0.15) is 13.8 Å². The zero-order valence-corrected chi connectivity index (χ0v) is 13.6. The third-order valence-corrected chi connectivity index (χ3v) is 3.46. The Balaban J connectivity index is 2.53. The standard InChI is InChI=1S/C14H18BrN3O2/c1-8(2)20-13-5-9(10(15)6-12(13)19-4)11-7-14(16)18(3)17-11/h5-8H,16H2,1-4H3. The van der Waals surface area contributed by atoms with Crippen LogP contribution in [0.4, 0.5) is 5.82 Å². The number of benzene rings is 1. The molecule has 0 bridgehead atoms. The fraction of sp³-hybridized carbons (Fsp3) is 0.357. The summed E-state index contributed by atoms with van der Waals surface area (Å²) in [6.45, 7) is 3.94. The van der Waals surface area contributed by atoms with Crippen molar-refractivity contribution in [3.05, 3.63) is 22.7 Å². The normalized spacial score (nSPS) is 10.9. The van der Waals surface area contributed by atoms with Gasteiger partial charge in [-0.1, -0.05) is 0 Å². The van der Waals surface area contributed by atoms with Crippen molar-refractivity contribution in [3.8, 4) is 22.8 Å². The monoisotopic (exact) mass is 339 g/mol. The Morgan fingerprint density at radius 1 is 1.25 bits per heavy atom. The van der Waals surface area contributed by atoms with Gasteiger partial charge in [0.2, 0.25) is 0 Å². The lowest BCUT2D eigenvalue weighted by atomic mass is 10.1. The van der Waals surface area contributed by atoms with E-state index in [1.165, 1.54) is 0 Å². The van der Waals surface area contributed by atoms with Crippen molar-refractivity contribution in [2.24, 2.45) is 7.05 Å². The van der Waals surface area contributed by atoms with Crippen molar-refractivity contribution in [2.75, 3.05) is 12.8 Å². The molecule has 2 aromatic rings. The van der Waals surface area contributed by atoms with Crippen LogP contribution in [-0.2, 0) is 7.05 Å². The highest BCUT2D eigenvalue weighted by Crippen LogP contribution is 2.38. The maximum atomic E-state index is 5.83. The molecule has 0 radical (unpaired) electrons. The minimum Gasteiger partial charge on any atom is -0.493 e. The summed E-state index contributed by atoms with van der Waals surface area (Å²) in [5, 5.41) is 4.38. The molecule has 2 N–H and O–H groups in total. The maximum Gasteiger partial charge on any atom is 0.162 e. The number of hydrogen-bond donors (Lipinski definition) is 1. The van der Waals surface area contributed by atoms with Crippen LogP contribution in [0, 0.1) is 0 Å². The first-order chi connectivity index (χ1) is 9.42. The van der Waals surface area contributed by atoms with Gasteiger partial charge in [-0.05, 0) is 41.9 Å². The van der Waals surface area contributed by atoms with Crippen LogP contribution in [-0.4, -0.2) is 23.0 Å². The van der Waals surface area contributed by atoms with E-state index in [2.05, 4.69) is 21.0 Å². The van der Waals surface area contributed by atoms with Crippen molar-refractivity contribution >= 4 is 21.7 Å². The predicted molar refractivity (Wildman–Crippen MR) is 83.1 cm³/mol. The van der Waals surface area contributed by atoms with Crippen molar-refractivity contribution in [1.82, 2.24) is 9.78 Å². The zero-order chi connectivity index (χ0) is 14.9. The number of hydrogen-bond acceptors (Lipinski definition) is 4. The summed E-state index contributed by atoms with van der Waals surface area (Å²) in [6, 6.07) is 5.61. The minimum atomic E-state index is 0.0618. The molecule has 0 fully saturated rings. The molecule has 0 saturated heterocycles. The van der Waals surface area contributed by atoms with Gasteiger partial charge in [0.25, 0.3) is 0 Å². The van der Waals surface area contributed by atoms with Gasteiger partial charge in [-0.2, -0.15) is 5.10 Å². The van der Waals surface area contributed by atoms with Crippen molar-refractivity contribution < 1.29 is 9.47 Å². The lowest BCUT2D eigenvalue weighted by molar-refractivity contribution is 0.230. The number of rotatable bonds is 4. The second-order valence-corrected chi connectivity index (χ2v) is 5.58. The second kappa shape index (κ2) is 5.75. The van der Waals surface area contributed by atoms with E-state index in [1.807, 2.05) is 39.1 Å². The Bertz CT molecular complexity index is 604. The highest BCUT2D eigenvalue weighted by Gasteiger charge is 2.15. The molecule has 1 aromatic carbocycles. The summed E-state index contributed by atoms with van der Waals surface area (Å²) in [6.07, 6.45) is 0.0618. The van der Waals surface area contributed by atoms with Gasteiger partial charge < -0.3 is 15.2 Å². The highest BCUT2D eigenvalue weighted by molar-refractivity contribution is 9.10. The predicted octanol–water partition coefficient (Wildman–Crippen LogP) is 3.23. The summed E-state index contributed by atoms with van der Waals surface area (Å²) in [5.74, 6) is 1.97. The van der Waals surface area contributed by atoms with Gasteiger partial charge in [-0.15, -0.1) is 0 Å². The molecule has 0 unspecified atom stereocenters. The molecule has 0 aliphatic heterocycles. The number of nitrogens with two attached hydrogens (primary N) is 1. The van der Waals surface area contributed by atoms with E-state index in [0.29, 0.717) is 17.3 Å². The fourth-order valence-electron chi connectivity index (χ4n) is 1.85. The second-order valence-electron chi connectivity index (χ2n) is 4.73. The molecule has 0 spiro atoms. The summed E-state index contributed by atoms with van der Waals surface area (Å²) in [4.78, 5) is 0. The first-order valence-corrected chi connectivity index (χ1v) is 7.05. The van der Waals surface area contributed by atoms with Gasteiger partial charge in [-0.3, -0.25) is 4.68 Å². The number of methoxy groups -OCH3 is 1. The third-order valence-electron chi connectivity index (χ3n) is 2.81. The van der Waals surface area contributed by atoms with Gasteiger partial charge in [0.15, 0.2) is 11.5 Å². The first-order valence-electron chi connectivity index (χ1n) is 6.26. The van der Waals surface area contributed by atoms with Gasteiger partial charge >= 0.3 is 0 Å². The van der Waals surface area contributed by atoms with Gasteiger partial charge in [0, 0.05) is 23.2 Å². The molecular weight excluding hydrogens is 322 g/mol. The molecule has 0 saturated carbocycles. The van der Waals surface area contributed by atoms with Gasteiger partial charge in [0.05, 0.1) is 18.9 Å². The van der Waals surface area contributed by atoms with Crippen LogP contribution in [0.15, 0.2) is 22.7 Å². The molecule has 2 rings (SSSR count). The SMILES string of the molecule is COc1cc(Br)c(-c2cc(N)n(C)n2)cc1OC(C)C. The number of nitrogen functional groups attached to an aromatic ring is 1. The van der Waals surface area contributed by atoms with Crippen LogP contribution >= 0.6 is 15.9 Å². The topological polar surface area (TPSA) is 62.3 Å². The zero-order valence-electron chi connectivity index (χ0n) is 12.0. The maximum absolute atomic E-state index is 5.83. The number of aromatic nitrogens is 2. The minimum absolute atomic E-state index is 0.0618. The Morgan fingerprint density at radius 2 is 1.95 bits per heavy atom. The lowest BCUT2D eigenvalue weighted by Gasteiger charge is -2.15. The highest BCUT2D eigenvalue weighted by atomic mass is 79.9. The molecule has 108 valence electrons. The number of halogens is 1. The molecule has 0 aliphatic rings. The van der Waals surface area contributed by atoms with E-state index in [-0.39, 0.29) is 6.10 Å². The number of anilines is 1. The Labute approximate surface area is 126 Å². The molecule has 1 heterocycles. The van der Waals surface area contributed by atoms with Crippen LogP contribution in [0.3, 0.4) is 0 Å². The number of aryl methyl sites for hydroxylation is 1. The Morgan fingerprint density at radius 3 is 2.45 bits per heavy atom. The van der Waals surface area contributed by atoms with Crippen LogP contribution in [0.25, 0.3) is 11.3 Å². The summed E-state index contributed by atoms with van der Waals surface area (Å²) >= 11 is 3.53. The molecule has 6 heteroatoms. The average Bonchev–Trinajstić information content (AvgIpc) is 2.70. The van der Waals surface area contributed by atoms with E-state index < -0.39 is 0 Å². The largest absolute Gasteiger partial charge is 0.493 e. The average molecular weight is 340 g/mol. The van der Waals surface area contributed by atoms with E-state index in [0.717, 1.165) is 15.7 Å². The number of nitrogens with zero attached hydrogens (tertiary/aromatic N) is 2. The van der Waals surface area contributed by atoms with Crippen molar-refractivity contribution in [3.63, 3.8) is 0 Å². The lowest BCUT2D eigenvalue weighted by Crippen LogP contribution is -2.07. The molecule has 0 atom stereocenters. The Hall–Kier alpha value is -1.69. The van der Waals surface area contributed by atoms with E-state index in [4.69, 9.17) is 15.2 Å². The van der Waals surface area contributed by atoms with Crippen molar-refractivity contribution in [2.45, 2.75) is 20.0 Å². The summed E-state index contributed by atoms with van der Waals surface area (Å²) in [5.41, 5.74) is 7.53. The van der Waals surface area contributed by atoms with E-state index >= 15 is 0 Å². The molecule has 5 nitrogen and oxygen atoms in total. The van der Waals surface area contributed by atoms with Gasteiger partial charge in [0.1, 0.15) is 5.82 Å². The van der Waals surface area contributed by atoms with E-state index in [9.17, 15) is 0 Å². The first kappa shape index (κ1) is 14.7. The molecule has 1 aromatic heterocycles. The molecule has 20 heavy (non-hydrogen) atoms. The van der Waals surface area contributed by atoms with E-state index in [1.54, 1.807) is 11.8 Å². The van der Waals surface area contributed by atoms with Crippen LogP contribution in [0.2, 0.25) is 0 Å². The molecular formula is C14H18BrN3O2. The third kappa shape index (κ3) is 2.90. The summed E-state index contributed by atoms with van der Waals surface area (Å²) < 4.78 is 13.6. The number of ether oxygens (including phenoxy) is 2. The van der Waals surface area contributed by atoms with Crippen LogP contribution < -0.4 is 15.2 Å². The fourth-order valence-corrected chi connectivity index (χ4v) is 2.38. The quantitative estimate of drug-likeness (QED) is 0.928. The molecule has 0 amide bonds.